The number of amides is 1. The molecule has 3 aromatic rings. The molecule has 0 saturated carbocycles. The highest BCUT2D eigenvalue weighted by Crippen LogP contribution is 2.33. The van der Waals surface area contributed by atoms with Crippen molar-refractivity contribution in [2.24, 2.45) is 0 Å². The number of rotatable bonds is 6. The number of ether oxygens (including phenoxy) is 1. The molecule has 1 atom stereocenters. The van der Waals surface area contributed by atoms with E-state index < -0.39 is 27.6 Å². The number of aromatic nitrogens is 1. The summed E-state index contributed by atoms with van der Waals surface area (Å²) in [5.41, 5.74) is 0.0367. The molecule has 11 heteroatoms. The van der Waals surface area contributed by atoms with Gasteiger partial charge in [-0.2, -0.15) is 5.26 Å². The minimum atomic E-state index is -3.43. The Hall–Kier alpha value is -3.68. The second-order valence-corrected chi connectivity index (χ2v) is 9.38. The Morgan fingerprint density at radius 1 is 1.18 bits per heavy atom. The number of carbonyl (C=O) groups excluding carboxylic acids is 1. The maximum Gasteiger partial charge on any atom is 0.280 e. The van der Waals surface area contributed by atoms with Gasteiger partial charge in [0.2, 0.25) is 0 Å². The van der Waals surface area contributed by atoms with Gasteiger partial charge in [-0.1, -0.05) is 11.6 Å². The van der Waals surface area contributed by atoms with Crippen molar-refractivity contribution in [1.82, 2.24) is 4.57 Å². The molecule has 1 heterocycles. The number of nitrogens with zero attached hydrogens (tertiary/aromatic N) is 2. The number of anilines is 1. The van der Waals surface area contributed by atoms with Gasteiger partial charge in [-0.3, -0.25) is 14.2 Å². The summed E-state index contributed by atoms with van der Waals surface area (Å²) in [6, 6.07) is 12.6. The minimum Gasteiger partial charge on any atom is -0.495 e. The van der Waals surface area contributed by atoms with E-state index in [4.69, 9.17) is 16.3 Å². The molecule has 3 rings (SSSR count). The number of halogens is 2. The molecule has 1 unspecified atom stereocenters. The van der Waals surface area contributed by atoms with E-state index in [0.717, 1.165) is 18.5 Å². The largest absolute Gasteiger partial charge is 0.495 e. The third-order valence-electron chi connectivity index (χ3n) is 4.67. The Labute approximate surface area is 193 Å². The maximum atomic E-state index is 14.9. The molecule has 0 aliphatic heterocycles. The molecule has 0 saturated heterocycles. The van der Waals surface area contributed by atoms with Crippen LogP contribution in [-0.4, -0.2) is 32.3 Å². The molecule has 0 radical (unpaired) electrons. The molecule has 170 valence electrons. The highest BCUT2D eigenvalue weighted by atomic mass is 35.5. The first-order chi connectivity index (χ1) is 15.5. The van der Waals surface area contributed by atoms with Crippen molar-refractivity contribution in [3.63, 3.8) is 0 Å². The van der Waals surface area contributed by atoms with Crippen LogP contribution in [0.3, 0.4) is 0 Å². The average molecular weight is 490 g/mol. The normalized spacial score (nSPS) is 12.0. The second kappa shape index (κ2) is 9.44. The fourth-order valence-corrected chi connectivity index (χ4v) is 3.83. The number of methoxy groups -OCH3 is 1. The maximum absolute atomic E-state index is 14.9. The van der Waals surface area contributed by atoms with Crippen molar-refractivity contribution < 1.29 is 22.3 Å². The quantitative estimate of drug-likeness (QED) is 0.565. The summed E-state index contributed by atoms with van der Waals surface area (Å²) in [7, 11) is -2.14. The molecule has 0 fully saturated rings. The molecule has 1 amide bonds. The topological polar surface area (TPSA) is 118 Å². The van der Waals surface area contributed by atoms with Crippen molar-refractivity contribution in [2.45, 2.75) is 11.2 Å². The summed E-state index contributed by atoms with van der Waals surface area (Å²) in [5.74, 6) is -1.11. The Kier molecular flexibility index (Phi) is 6.86. The summed E-state index contributed by atoms with van der Waals surface area (Å²) in [5, 5.41) is 12.0. The average Bonchev–Trinajstić information content (AvgIpc) is 2.78. The van der Waals surface area contributed by atoms with E-state index in [1.54, 1.807) is 0 Å². The summed E-state index contributed by atoms with van der Waals surface area (Å²) in [6.45, 7) is 0. The summed E-state index contributed by atoms with van der Waals surface area (Å²) < 4.78 is 43.8. The van der Waals surface area contributed by atoms with Gasteiger partial charge in [0.25, 0.3) is 17.8 Å². The van der Waals surface area contributed by atoms with Gasteiger partial charge in [0, 0.05) is 34.2 Å². The van der Waals surface area contributed by atoms with E-state index in [2.05, 4.69) is 5.32 Å². The second-order valence-electron chi connectivity index (χ2n) is 6.92. The van der Waals surface area contributed by atoms with Crippen LogP contribution in [0.1, 0.15) is 11.9 Å². The number of nitriles is 1. The summed E-state index contributed by atoms with van der Waals surface area (Å²) in [6.07, 6.45) is -0.355. The zero-order valence-electron chi connectivity index (χ0n) is 17.4. The third kappa shape index (κ3) is 5.22. The molecule has 0 aliphatic rings. The van der Waals surface area contributed by atoms with Crippen LogP contribution in [0.2, 0.25) is 5.02 Å². The molecule has 1 aromatic heterocycles. The Morgan fingerprint density at radius 2 is 1.85 bits per heavy atom. The van der Waals surface area contributed by atoms with Gasteiger partial charge in [-0.25, -0.2) is 12.8 Å². The Bertz CT molecular complexity index is 1430. The van der Waals surface area contributed by atoms with Gasteiger partial charge < -0.3 is 10.1 Å². The van der Waals surface area contributed by atoms with Gasteiger partial charge in [-0.15, -0.1) is 0 Å². The first-order valence-corrected chi connectivity index (χ1v) is 11.6. The van der Waals surface area contributed by atoms with Crippen LogP contribution in [0.25, 0.3) is 11.1 Å². The summed E-state index contributed by atoms with van der Waals surface area (Å²) >= 11 is 6.01. The van der Waals surface area contributed by atoms with Crippen molar-refractivity contribution in [3.05, 3.63) is 75.7 Å². The van der Waals surface area contributed by atoms with Gasteiger partial charge in [-0.05, 0) is 42.5 Å². The van der Waals surface area contributed by atoms with E-state index in [0.29, 0.717) is 15.2 Å². The van der Waals surface area contributed by atoms with E-state index in [-0.39, 0.29) is 27.5 Å². The van der Waals surface area contributed by atoms with Gasteiger partial charge >= 0.3 is 0 Å². The molecular formula is C22H17ClFN3O5S. The zero-order valence-corrected chi connectivity index (χ0v) is 18.9. The van der Waals surface area contributed by atoms with Crippen LogP contribution >= 0.6 is 11.6 Å². The zero-order chi connectivity index (χ0) is 24.3. The van der Waals surface area contributed by atoms with E-state index in [1.165, 1.54) is 49.6 Å². The van der Waals surface area contributed by atoms with Gasteiger partial charge in [0.1, 0.15) is 5.75 Å². The number of benzene rings is 2. The lowest BCUT2D eigenvalue weighted by molar-refractivity contribution is -0.123. The number of alkyl halides is 1. The smallest absolute Gasteiger partial charge is 0.280 e. The molecule has 2 aromatic carbocycles. The SMILES string of the molecule is COc1cn(C(F)C(=O)Nc2ccc(S(C)(=O)=O)cc2)c(=O)cc1-c1cc(Cl)ccc1C#N. The lowest BCUT2D eigenvalue weighted by atomic mass is 10.0. The molecule has 0 aliphatic carbocycles. The fourth-order valence-electron chi connectivity index (χ4n) is 3.03. The first kappa shape index (κ1) is 24.0. The number of nitrogens with one attached hydrogen (secondary N) is 1. The predicted octanol–water partition coefficient (Wildman–Crippen LogP) is 3.56. The number of carbonyl (C=O) groups is 1. The standard InChI is InChI=1S/C22H17ClFN3O5S/c1-32-19-12-27(20(28)10-18(19)17-9-14(23)4-3-13(17)11-25)21(24)22(29)26-15-5-7-16(8-6-15)33(2,30)31/h3-10,12,21H,1-2H3,(H,26,29). The molecular weight excluding hydrogens is 473 g/mol. The fraction of sp³-hybridized carbons (Fsp3) is 0.136. The molecule has 8 nitrogen and oxygen atoms in total. The molecule has 0 spiro atoms. The van der Waals surface area contributed by atoms with Crippen LogP contribution in [0, 0.1) is 11.3 Å². The van der Waals surface area contributed by atoms with Crippen LogP contribution < -0.4 is 15.6 Å². The molecule has 0 bridgehead atoms. The van der Waals surface area contributed by atoms with E-state index in [9.17, 15) is 27.7 Å². The molecule has 1 N–H and O–H groups in total. The number of pyridine rings is 1. The van der Waals surface area contributed by atoms with Crippen molar-refractivity contribution in [1.29, 1.82) is 5.26 Å². The van der Waals surface area contributed by atoms with Crippen LogP contribution in [0.4, 0.5) is 10.1 Å². The van der Waals surface area contributed by atoms with Crippen molar-refractivity contribution in [2.75, 3.05) is 18.7 Å². The Morgan fingerprint density at radius 3 is 2.42 bits per heavy atom. The monoisotopic (exact) mass is 489 g/mol. The number of hydrogen-bond donors (Lipinski definition) is 1. The van der Waals surface area contributed by atoms with Gasteiger partial charge in [0.15, 0.2) is 9.84 Å². The van der Waals surface area contributed by atoms with Crippen LogP contribution in [0.5, 0.6) is 5.75 Å². The molecule has 33 heavy (non-hydrogen) atoms. The predicted molar refractivity (Wildman–Crippen MR) is 121 cm³/mol. The lowest BCUT2D eigenvalue weighted by Crippen LogP contribution is -2.30. The van der Waals surface area contributed by atoms with Crippen LogP contribution in [0.15, 0.2) is 64.4 Å². The highest BCUT2D eigenvalue weighted by Gasteiger charge is 2.23. The Balaban J connectivity index is 1.94. The summed E-state index contributed by atoms with van der Waals surface area (Å²) in [4.78, 5) is 25.0. The lowest BCUT2D eigenvalue weighted by Gasteiger charge is -2.16. The number of sulfone groups is 1. The van der Waals surface area contributed by atoms with Crippen molar-refractivity contribution in [3.8, 4) is 22.9 Å². The number of hydrogen-bond acceptors (Lipinski definition) is 6. The van der Waals surface area contributed by atoms with Crippen molar-refractivity contribution >= 4 is 33.0 Å². The highest BCUT2D eigenvalue weighted by molar-refractivity contribution is 7.90. The third-order valence-corrected chi connectivity index (χ3v) is 6.03. The van der Waals surface area contributed by atoms with E-state index in [1.807, 2.05) is 6.07 Å². The minimum absolute atomic E-state index is 0.0339. The van der Waals surface area contributed by atoms with E-state index >= 15 is 0 Å². The first-order valence-electron chi connectivity index (χ1n) is 9.30. The van der Waals surface area contributed by atoms with Crippen LogP contribution in [-0.2, 0) is 14.6 Å². The van der Waals surface area contributed by atoms with Gasteiger partial charge in [0.05, 0.1) is 29.8 Å².